The molecule has 0 unspecified atom stereocenters. The molecule has 0 bridgehead atoms. The van der Waals surface area contributed by atoms with E-state index in [-0.39, 0.29) is 0 Å². The Hall–Kier alpha value is -0.0400. The summed E-state index contributed by atoms with van der Waals surface area (Å²) in [6, 6.07) is 0. The Balaban J connectivity index is 2.68. The highest BCUT2D eigenvalue weighted by Gasteiger charge is 2.42. The fraction of sp³-hybridized carbons (Fsp3) is 1.00. The molecule has 0 N–H and O–H groups in total. The third kappa shape index (κ3) is 1.66. The van der Waals surface area contributed by atoms with E-state index in [0.717, 1.165) is 0 Å². The topological polar surface area (TPSA) is 9.23 Å². The number of hydrogen-bond donors (Lipinski definition) is 0. The van der Waals surface area contributed by atoms with Gasteiger partial charge in [0.25, 0.3) is 0 Å². The molecular formula is C11H22O. The molecule has 1 heteroatoms. The van der Waals surface area contributed by atoms with E-state index in [1.807, 2.05) is 7.11 Å². The number of rotatable bonds is 1. The first kappa shape index (κ1) is 10.0. The van der Waals surface area contributed by atoms with Crippen LogP contribution < -0.4 is 0 Å². The minimum Gasteiger partial charge on any atom is -0.381 e. The van der Waals surface area contributed by atoms with E-state index in [1.54, 1.807) is 0 Å². The average Bonchev–Trinajstić information content (AvgIpc) is 1.95. The van der Waals surface area contributed by atoms with Gasteiger partial charge >= 0.3 is 0 Å². The third-order valence-electron chi connectivity index (χ3n) is 3.99. The second-order valence-corrected chi connectivity index (χ2v) is 5.37. The second-order valence-electron chi connectivity index (χ2n) is 5.37. The first-order chi connectivity index (χ1) is 5.39. The van der Waals surface area contributed by atoms with Gasteiger partial charge in [0.15, 0.2) is 0 Å². The Kier molecular flexibility index (Phi) is 2.53. The van der Waals surface area contributed by atoms with Crippen LogP contribution in [0.25, 0.3) is 0 Å². The summed E-state index contributed by atoms with van der Waals surface area (Å²) in [5, 5.41) is 0. The van der Waals surface area contributed by atoms with Crippen molar-refractivity contribution in [3.05, 3.63) is 0 Å². The van der Waals surface area contributed by atoms with Gasteiger partial charge in [-0.15, -0.1) is 0 Å². The van der Waals surface area contributed by atoms with E-state index in [2.05, 4.69) is 27.7 Å². The molecule has 0 spiro atoms. The molecule has 0 aliphatic heterocycles. The Morgan fingerprint density at radius 3 is 2.08 bits per heavy atom. The van der Waals surface area contributed by atoms with Crippen LogP contribution in [0.15, 0.2) is 0 Å². The molecule has 1 saturated carbocycles. The van der Waals surface area contributed by atoms with Gasteiger partial charge in [0.1, 0.15) is 0 Å². The number of methoxy groups -OCH3 is 1. The highest BCUT2D eigenvalue weighted by atomic mass is 16.5. The van der Waals surface area contributed by atoms with Crippen molar-refractivity contribution in [2.75, 3.05) is 7.11 Å². The predicted octanol–water partition coefficient (Wildman–Crippen LogP) is 3.24. The van der Waals surface area contributed by atoms with Crippen molar-refractivity contribution in [2.45, 2.75) is 53.1 Å². The fourth-order valence-corrected chi connectivity index (χ4v) is 2.01. The average molecular weight is 170 g/mol. The summed E-state index contributed by atoms with van der Waals surface area (Å²) in [6.07, 6.45) is 4.22. The second kappa shape index (κ2) is 3.02. The van der Waals surface area contributed by atoms with Crippen molar-refractivity contribution >= 4 is 0 Å². The van der Waals surface area contributed by atoms with E-state index in [1.165, 1.54) is 19.3 Å². The third-order valence-corrected chi connectivity index (χ3v) is 3.99. The SMILES string of the molecule is CO[C@H]1CCC(C)(C)C(C)(C)C1. The maximum atomic E-state index is 5.42. The zero-order chi connectivity index (χ0) is 9.41. The maximum Gasteiger partial charge on any atom is 0.0576 e. The van der Waals surface area contributed by atoms with Gasteiger partial charge in [-0.1, -0.05) is 27.7 Å². The molecule has 0 amide bonds. The van der Waals surface area contributed by atoms with Crippen LogP contribution >= 0.6 is 0 Å². The molecule has 1 rings (SSSR count). The molecule has 0 saturated heterocycles. The van der Waals surface area contributed by atoms with E-state index in [0.29, 0.717) is 16.9 Å². The van der Waals surface area contributed by atoms with Gasteiger partial charge in [-0.2, -0.15) is 0 Å². The summed E-state index contributed by atoms with van der Waals surface area (Å²) in [4.78, 5) is 0. The van der Waals surface area contributed by atoms with Gasteiger partial charge in [0, 0.05) is 7.11 Å². The zero-order valence-corrected chi connectivity index (χ0v) is 9.11. The normalized spacial score (nSPS) is 33.2. The largest absolute Gasteiger partial charge is 0.381 e. The quantitative estimate of drug-likeness (QED) is 0.587. The minimum atomic E-state index is 0.423. The van der Waals surface area contributed by atoms with Crippen LogP contribution in [0.4, 0.5) is 0 Å². The van der Waals surface area contributed by atoms with E-state index in [9.17, 15) is 0 Å². The molecule has 1 atom stereocenters. The Morgan fingerprint density at radius 2 is 1.67 bits per heavy atom. The van der Waals surface area contributed by atoms with Crippen LogP contribution in [0.1, 0.15) is 47.0 Å². The van der Waals surface area contributed by atoms with Crippen molar-refractivity contribution in [1.29, 1.82) is 0 Å². The Morgan fingerprint density at radius 1 is 1.08 bits per heavy atom. The van der Waals surface area contributed by atoms with Crippen LogP contribution in [-0.4, -0.2) is 13.2 Å². The lowest BCUT2D eigenvalue weighted by Crippen LogP contribution is -2.41. The molecule has 1 fully saturated rings. The van der Waals surface area contributed by atoms with Crippen LogP contribution in [0.2, 0.25) is 0 Å². The van der Waals surface area contributed by atoms with Gasteiger partial charge in [-0.05, 0) is 30.1 Å². The van der Waals surface area contributed by atoms with Crippen molar-refractivity contribution in [3.8, 4) is 0 Å². The first-order valence-corrected chi connectivity index (χ1v) is 4.92. The summed E-state index contributed by atoms with van der Waals surface area (Å²) < 4.78 is 5.42. The van der Waals surface area contributed by atoms with Gasteiger partial charge in [-0.25, -0.2) is 0 Å². The van der Waals surface area contributed by atoms with E-state index >= 15 is 0 Å². The molecule has 0 heterocycles. The van der Waals surface area contributed by atoms with Gasteiger partial charge in [0.2, 0.25) is 0 Å². The summed E-state index contributed by atoms with van der Waals surface area (Å²) in [7, 11) is 1.83. The Labute approximate surface area is 76.5 Å². The molecule has 1 aliphatic rings. The van der Waals surface area contributed by atoms with Crippen molar-refractivity contribution in [3.63, 3.8) is 0 Å². The number of ether oxygens (including phenoxy) is 1. The van der Waals surface area contributed by atoms with Crippen molar-refractivity contribution < 1.29 is 4.74 Å². The van der Waals surface area contributed by atoms with Gasteiger partial charge < -0.3 is 4.74 Å². The Bertz CT molecular complexity index is 158. The van der Waals surface area contributed by atoms with Gasteiger partial charge in [0.05, 0.1) is 6.10 Å². The summed E-state index contributed by atoms with van der Waals surface area (Å²) in [6.45, 7) is 9.47. The summed E-state index contributed by atoms with van der Waals surface area (Å²) >= 11 is 0. The van der Waals surface area contributed by atoms with Crippen LogP contribution in [0.5, 0.6) is 0 Å². The van der Waals surface area contributed by atoms with E-state index < -0.39 is 0 Å². The van der Waals surface area contributed by atoms with E-state index in [4.69, 9.17) is 4.74 Å². The van der Waals surface area contributed by atoms with Gasteiger partial charge in [-0.3, -0.25) is 0 Å². The lowest BCUT2D eigenvalue weighted by atomic mass is 9.59. The van der Waals surface area contributed by atoms with Crippen LogP contribution in [0, 0.1) is 10.8 Å². The van der Waals surface area contributed by atoms with Crippen LogP contribution in [-0.2, 0) is 4.74 Å². The smallest absolute Gasteiger partial charge is 0.0576 e. The van der Waals surface area contributed by atoms with Crippen molar-refractivity contribution in [1.82, 2.24) is 0 Å². The first-order valence-electron chi connectivity index (χ1n) is 4.92. The maximum absolute atomic E-state index is 5.42. The summed E-state index contributed by atoms with van der Waals surface area (Å²) in [5.41, 5.74) is 0.897. The monoisotopic (exact) mass is 170 g/mol. The predicted molar refractivity (Wildman–Crippen MR) is 52.2 cm³/mol. The molecule has 12 heavy (non-hydrogen) atoms. The molecule has 0 radical (unpaired) electrons. The summed E-state index contributed by atoms with van der Waals surface area (Å²) in [5.74, 6) is 0. The molecule has 1 aliphatic carbocycles. The highest BCUT2D eigenvalue weighted by Crippen LogP contribution is 2.50. The molecule has 1 nitrogen and oxygen atoms in total. The molecule has 0 aromatic heterocycles. The van der Waals surface area contributed by atoms with Crippen LogP contribution in [0.3, 0.4) is 0 Å². The molecular weight excluding hydrogens is 148 g/mol. The lowest BCUT2D eigenvalue weighted by molar-refractivity contribution is -0.0439. The molecule has 0 aromatic rings. The minimum absolute atomic E-state index is 0.423. The lowest BCUT2D eigenvalue weighted by Gasteiger charge is -2.48. The molecule has 72 valence electrons. The standard InChI is InChI=1S/C11H22O/c1-10(2)7-6-9(12-5)8-11(10,3)4/h9H,6-8H2,1-5H3/t9-/m0/s1. The zero-order valence-electron chi connectivity index (χ0n) is 9.11. The van der Waals surface area contributed by atoms with Crippen molar-refractivity contribution in [2.24, 2.45) is 10.8 Å². The highest BCUT2D eigenvalue weighted by molar-refractivity contribution is 4.92. The fourth-order valence-electron chi connectivity index (χ4n) is 2.01. The molecule has 0 aromatic carbocycles. The number of hydrogen-bond acceptors (Lipinski definition) is 1.